The number of amides is 1. The van der Waals surface area contributed by atoms with E-state index in [0.29, 0.717) is 6.54 Å². The summed E-state index contributed by atoms with van der Waals surface area (Å²) >= 11 is 0. The van der Waals surface area contributed by atoms with Crippen LogP contribution in [0.4, 0.5) is 11.5 Å². The van der Waals surface area contributed by atoms with Gasteiger partial charge in [-0.15, -0.1) is 0 Å². The number of fused-ring (bicyclic) bond motifs is 1. The van der Waals surface area contributed by atoms with E-state index in [9.17, 15) is 4.79 Å². The number of rotatable bonds is 2. The van der Waals surface area contributed by atoms with Crippen LogP contribution in [0.15, 0.2) is 18.3 Å². The van der Waals surface area contributed by atoms with Crippen molar-refractivity contribution in [2.75, 3.05) is 17.2 Å². The minimum absolute atomic E-state index is 0.0456. The summed E-state index contributed by atoms with van der Waals surface area (Å²) in [6.07, 6.45) is 3.65. The van der Waals surface area contributed by atoms with E-state index < -0.39 is 0 Å². The summed E-state index contributed by atoms with van der Waals surface area (Å²) in [7, 11) is 0. The van der Waals surface area contributed by atoms with Gasteiger partial charge in [0.15, 0.2) is 0 Å². The number of nitrogens with one attached hydrogen (secondary N) is 2. The monoisotopic (exact) mass is 205 g/mol. The van der Waals surface area contributed by atoms with Crippen LogP contribution in [0, 0.1) is 5.92 Å². The van der Waals surface area contributed by atoms with E-state index in [2.05, 4.69) is 22.5 Å². The SMILES string of the molecule is CCCC1CNc2ncccc2NC1=O. The second kappa shape index (κ2) is 4.29. The molecular weight excluding hydrogens is 190 g/mol. The smallest absolute Gasteiger partial charge is 0.229 e. The van der Waals surface area contributed by atoms with Gasteiger partial charge < -0.3 is 10.6 Å². The fourth-order valence-corrected chi connectivity index (χ4v) is 1.78. The molecule has 0 spiro atoms. The predicted octanol–water partition coefficient (Wildman–Crippen LogP) is 1.86. The summed E-state index contributed by atoms with van der Waals surface area (Å²) in [6, 6.07) is 3.68. The summed E-state index contributed by atoms with van der Waals surface area (Å²) in [5, 5.41) is 6.09. The van der Waals surface area contributed by atoms with E-state index in [1.54, 1.807) is 6.20 Å². The van der Waals surface area contributed by atoms with E-state index >= 15 is 0 Å². The van der Waals surface area contributed by atoms with Gasteiger partial charge in [-0.25, -0.2) is 4.98 Å². The van der Waals surface area contributed by atoms with Gasteiger partial charge in [0.05, 0.1) is 11.6 Å². The molecule has 80 valence electrons. The van der Waals surface area contributed by atoms with Crippen molar-refractivity contribution in [2.45, 2.75) is 19.8 Å². The van der Waals surface area contributed by atoms with Crippen molar-refractivity contribution < 1.29 is 4.79 Å². The summed E-state index contributed by atoms with van der Waals surface area (Å²) in [4.78, 5) is 16.0. The maximum absolute atomic E-state index is 11.8. The third kappa shape index (κ3) is 2.09. The molecule has 15 heavy (non-hydrogen) atoms. The average molecular weight is 205 g/mol. The Morgan fingerprint density at radius 3 is 3.27 bits per heavy atom. The third-order valence-corrected chi connectivity index (χ3v) is 2.59. The lowest BCUT2D eigenvalue weighted by molar-refractivity contribution is -0.119. The quantitative estimate of drug-likeness (QED) is 0.774. The summed E-state index contributed by atoms with van der Waals surface area (Å²) in [6.45, 7) is 2.76. The molecule has 1 aromatic heterocycles. The molecule has 1 unspecified atom stereocenters. The Morgan fingerprint density at radius 1 is 1.60 bits per heavy atom. The molecule has 1 aliphatic rings. The van der Waals surface area contributed by atoms with Crippen molar-refractivity contribution in [1.29, 1.82) is 0 Å². The zero-order valence-electron chi connectivity index (χ0n) is 8.79. The summed E-state index contributed by atoms with van der Waals surface area (Å²) < 4.78 is 0. The number of hydrogen-bond acceptors (Lipinski definition) is 3. The molecule has 4 nitrogen and oxygen atoms in total. The number of nitrogens with zero attached hydrogens (tertiary/aromatic N) is 1. The lowest BCUT2D eigenvalue weighted by Gasteiger charge is -2.10. The molecule has 0 aromatic carbocycles. The van der Waals surface area contributed by atoms with E-state index in [0.717, 1.165) is 24.3 Å². The number of carbonyl (C=O) groups is 1. The number of carbonyl (C=O) groups excluding carboxylic acids is 1. The third-order valence-electron chi connectivity index (χ3n) is 2.59. The molecule has 0 bridgehead atoms. The molecule has 1 amide bonds. The standard InChI is InChI=1S/C11H15N3O/c1-2-4-8-7-13-10-9(14-11(8)15)5-3-6-12-10/h3,5-6,8H,2,4,7H2,1H3,(H,12,13)(H,14,15). The number of pyridine rings is 1. The topological polar surface area (TPSA) is 54.0 Å². The minimum atomic E-state index is 0.0456. The Kier molecular flexibility index (Phi) is 2.85. The van der Waals surface area contributed by atoms with Gasteiger partial charge in [-0.2, -0.15) is 0 Å². The number of aromatic nitrogens is 1. The Morgan fingerprint density at radius 2 is 2.47 bits per heavy atom. The van der Waals surface area contributed by atoms with Crippen LogP contribution in [0.1, 0.15) is 19.8 Å². The highest BCUT2D eigenvalue weighted by Gasteiger charge is 2.22. The Balaban J connectivity index is 2.19. The highest BCUT2D eigenvalue weighted by atomic mass is 16.1. The molecule has 0 saturated carbocycles. The molecular formula is C11H15N3O. The van der Waals surface area contributed by atoms with Gasteiger partial charge in [0, 0.05) is 12.7 Å². The molecule has 2 N–H and O–H groups in total. The van der Waals surface area contributed by atoms with Crippen LogP contribution < -0.4 is 10.6 Å². The molecule has 1 aliphatic heterocycles. The van der Waals surface area contributed by atoms with Gasteiger partial charge >= 0.3 is 0 Å². The first-order chi connectivity index (χ1) is 7.31. The predicted molar refractivity (Wildman–Crippen MR) is 59.8 cm³/mol. The fourth-order valence-electron chi connectivity index (χ4n) is 1.78. The summed E-state index contributed by atoms with van der Waals surface area (Å²) in [5.41, 5.74) is 0.779. The lowest BCUT2D eigenvalue weighted by Crippen LogP contribution is -2.25. The van der Waals surface area contributed by atoms with Gasteiger partial charge in [0.1, 0.15) is 5.82 Å². The molecule has 0 fully saturated rings. The molecule has 2 heterocycles. The first-order valence-electron chi connectivity index (χ1n) is 5.31. The highest BCUT2D eigenvalue weighted by molar-refractivity contribution is 5.96. The Hall–Kier alpha value is -1.58. The zero-order valence-corrected chi connectivity index (χ0v) is 8.79. The second-order valence-electron chi connectivity index (χ2n) is 3.76. The first-order valence-corrected chi connectivity index (χ1v) is 5.31. The molecule has 4 heteroatoms. The maximum Gasteiger partial charge on any atom is 0.229 e. The van der Waals surface area contributed by atoms with Crippen LogP contribution in [0.3, 0.4) is 0 Å². The minimum Gasteiger partial charge on any atom is -0.368 e. The van der Waals surface area contributed by atoms with Crippen molar-refractivity contribution in [2.24, 2.45) is 5.92 Å². The van der Waals surface area contributed by atoms with Crippen LogP contribution >= 0.6 is 0 Å². The molecule has 0 radical (unpaired) electrons. The maximum atomic E-state index is 11.8. The van der Waals surface area contributed by atoms with E-state index in [-0.39, 0.29) is 11.8 Å². The van der Waals surface area contributed by atoms with Crippen LogP contribution in [-0.2, 0) is 4.79 Å². The number of anilines is 2. The van der Waals surface area contributed by atoms with E-state index in [1.807, 2.05) is 12.1 Å². The average Bonchev–Trinajstić information content (AvgIpc) is 2.40. The lowest BCUT2D eigenvalue weighted by atomic mass is 10.0. The van der Waals surface area contributed by atoms with Crippen molar-refractivity contribution in [3.8, 4) is 0 Å². The van der Waals surface area contributed by atoms with Crippen LogP contribution in [0.5, 0.6) is 0 Å². The highest BCUT2D eigenvalue weighted by Crippen LogP contribution is 2.23. The first kappa shape index (κ1) is 9.96. The zero-order chi connectivity index (χ0) is 10.7. The van der Waals surface area contributed by atoms with Crippen LogP contribution in [0.25, 0.3) is 0 Å². The van der Waals surface area contributed by atoms with Gasteiger partial charge in [0.2, 0.25) is 5.91 Å². The van der Waals surface area contributed by atoms with Crippen molar-refractivity contribution >= 4 is 17.4 Å². The van der Waals surface area contributed by atoms with Gasteiger partial charge in [-0.3, -0.25) is 4.79 Å². The van der Waals surface area contributed by atoms with Crippen molar-refractivity contribution in [3.63, 3.8) is 0 Å². The molecule has 1 aromatic rings. The Bertz CT molecular complexity index is 365. The molecule has 0 saturated heterocycles. The normalized spacial score (nSPS) is 19.8. The van der Waals surface area contributed by atoms with Gasteiger partial charge in [0.25, 0.3) is 0 Å². The van der Waals surface area contributed by atoms with Crippen molar-refractivity contribution in [1.82, 2.24) is 4.98 Å². The van der Waals surface area contributed by atoms with Gasteiger partial charge in [-0.05, 0) is 18.6 Å². The second-order valence-corrected chi connectivity index (χ2v) is 3.76. The molecule has 1 atom stereocenters. The largest absolute Gasteiger partial charge is 0.368 e. The summed E-state index contributed by atoms with van der Waals surface area (Å²) in [5.74, 6) is 0.907. The van der Waals surface area contributed by atoms with Crippen LogP contribution in [0.2, 0.25) is 0 Å². The van der Waals surface area contributed by atoms with E-state index in [4.69, 9.17) is 0 Å². The molecule has 2 rings (SSSR count). The molecule has 0 aliphatic carbocycles. The fraction of sp³-hybridized carbons (Fsp3) is 0.455. The van der Waals surface area contributed by atoms with E-state index in [1.165, 1.54) is 0 Å². The number of hydrogen-bond donors (Lipinski definition) is 2. The Labute approximate surface area is 89.1 Å². The van der Waals surface area contributed by atoms with Gasteiger partial charge in [-0.1, -0.05) is 13.3 Å². The van der Waals surface area contributed by atoms with Crippen LogP contribution in [-0.4, -0.2) is 17.4 Å². The van der Waals surface area contributed by atoms with Crippen molar-refractivity contribution in [3.05, 3.63) is 18.3 Å².